The molecule has 1 N–H and O–H groups in total. The Morgan fingerprint density at radius 3 is 2.93 bits per heavy atom. The molecule has 0 saturated carbocycles. The number of halogens is 2. The van der Waals surface area contributed by atoms with Gasteiger partial charge in [0.05, 0.1) is 7.11 Å². The minimum Gasteiger partial charge on any atom is -0.465 e. The number of carbonyl (C=O) groups excluding carboxylic acids is 1. The maximum absolute atomic E-state index is 11.5. The lowest BCUT2D eigenvalue weighted by molar-refractivity contribution is 0.0603. The van der Waals surface area contributed by atoms with E-state index in [4.69, 9.17) is 11.6 Å². The summed E-state index contributed by atoms with van der Waals surface area (Å²) in [6, 6.07) is 5.51. The van der Waals surface area contributed by atoms with Crippen LogP contribution in [0.3, 0.4) is 0 Å². The summed E-state index contributed by atoms with van der Waals surface area (Å²) in [5, 5.41) is 1.06. The number of carbonyl (C=O) groups is 1. The van der Waals surface area contributed by atoms with Gasteiger partial charge in [-0.25, -0.2) is 4.79 Å². The van der Waals surface area contributed by atoms with Crippen LogP contribution in [0.5, 0.6) is 0 Å². The maximum Gasteiger partial charge on any atom is 0.341 e. The molecule has 15 heavy (non-hydrogen) atoms. The molecule has 0 saturated heterocycles. The smallest absolute Gasteiger partial charge is 0.341 e. The number of benzene rings is 1. The molecule has 0 bridgehead atoms. The number of ether oxygens (including phenoxy) is 1. The molecule has 0 aliphatic carbocycles. The van der Waals surface area contributed by atoms with E-state index in [1.807, 2.05) is 18.2 Å². The van der Waals surface area contributed by atoms with Crippen molar-refractivity contribution < 1.29 is 9.53 Å². The minimum atomic E-state index is -0.437. The van der Waals surface area contributed by atoms with Crippen LogP contribution in [0.2, 0.25) is 5.15 Å². The molecular weight excluding hydrogens is 281 g/mol. The number of fused-ring (bicyclic) bond motifs is 1. The highest BCUT2D eigenvalue weighted by Crippen LogP contribution is 2.28. The fraction of sp³-hybridized carbons (Fsp3) is 0.100. The molecule has 3 nitrogen and oxygen atoms in total. The van der Waals surface area contributed by atoms with Crippen molar-refractivity contribution in [3.63, 3.8) is 0 Å². The number of hydrogen-bond acceptors (Lipinski definition) is 2. The molecule has 0 unspecified atom stereocenters. The summed E-state index contributed by atoms with van der Waals surface area (Å²) in [5.41, 5.74) is 1.18. The van der Waals surface area contributed by atoms with Gasteiger partial charge in [-0.1, -0.05) is 33.6 Å². The van der Waals surface area contributed by atoms with Crippen LogP contribution in [0.4, 0.5) is 0 Å². The molecule has 2 aromatic rings. The van der Waals surface area contributed by atoms with E-state index in [1.165, 1.54) is 7.11 Å². The Morgan fingerprint density at radius 1 is 1.53 bits per heavy atom. The third-order valence-corrected chi connectivity index (χ3v) is 2.88. The van der Waals surface area contributed by atoms with E-state index in [0.29, 0.717) is 10.7 Å². The van der Waals surface area contributed by atoms with Gasteiger partial charge in [0.1, 0.15) is 10.7 Å². The molecule has 0 atom stereocenters. The van der Waals surface area contributed by atoms with Crippen LogP contribution in [0, 0.1) is 0 Å². The van der Waals surface area contributed by atoms with E-state index in [0.717, 1.165) is 15.4 Å². The van der Waals surface area contributed by atoms with Gasteiger partial charge in [-0.15, -0.1) is 0 Å². The van der Waals surface area contributed by atoms with Gasteiger partial charge in [0.25, 0.3) is 0 Å². The fourth-order valence-corrected chi connectivity index (χ4v) is 2.08. The fourth-order valence-electron chi connectivity index (χ4n) is 1.44. The predicted molar refractivity (Wildman–Crippen MR) is 62.3 cm³/mol. The van der Waals surface area contributed by atoms with Crippen molar-refractivity contribution in [2.75, 3.05) is 7.11 Å². The van der Waals surface area contributed by atoms with E-state index in [2.05, 4.69) is 25.7 Å². The lowest BCUT2D eigenvalue weighted by Gasteiger charge is -1.97. The zero-order valence-corrected chi connectivity index (χ0v) is 10.1. The second-order valence-corrected chi connectivity index (χ2v) is 4.29. The van der Waals surface area contributed by atoms with Crippen molar-refractivity contribution in [1.82, 2.24) is 4.98 Å². The molecule has 0 amide bonds. The summed E-state index contributed by atoms with van der Waals surface area (Å²) in [6.45, 7) is 0. The molecule has 0 spiro atoms. The predicted octanol–water partition coefficient (Wildman–Crippen LogP) is 3.37. The van der Waals surface area contributed by atoms with Gasteiger partial charge in [0.2, 0.25) is 0 Å². The van der Waals surface area contributed by atoms with Crippen LogP contribution in [0.25, 0.3) is 10.9 Å². The first-order valence-corrected chi connectivity index (χ1v) is 5.35. The number of H-pyrrole nitrogens is 1. The Bertz CT molecular complexity index is 535. The number of rotatable bonds is 1. The van der Waals surface area contributed by atoms with Crippen LogP contribution in [0.15, 0.2) is 22.7 Å². The molecule has 2 rings (SSSR count). The van der Waals surface area contributed by atoms with Crippen molar-refractivity contribution >= 4 is 44.4 Å². The highest BCUT2D eigenvalue weighted by Gasteiger charge is 2.17. The maximum atomic E-state index is 11.5. The number of hydrogen-bond donors (Lipinski definition) is 1. The molecule has 0 aliphatic rings. The third-order valence-electron chi connectivity index (χ3n) is 2.10. The van der Waals surface area contributed by atoms with E-state index in [-0.39, 0.29) is 0 Å². The van der Waals surface area contributed by atoms with Crippen LogP contribution >= 0.6 is 27.5 Å². The normalized spacial score (nSPS) is 10.6. The number of esters is 1. The molecule has 1 heterocycles. The Morgan fingerprint density at radius 2 is 2.27 bits per heavy atom. The van der Waals surface area contributed by atoms with Gasteiger partial charge < -0.3 is 9.72 Å². The average Bonchev–Trinajstić information content (AvgIpc) is 2.52. The Balaban J connectivity index is 2.73. The first kappa shape index (κ1) is 10.5. The first-order valence-electron chi connectivity index (χ1n) is 4.18. The Labute approximate surface area is 99.5 Å². The standard InChI is InChI=1S/C10H7BrClNO2/c1-15-10(14)8-6-3-2-5(11)4-7(6)13-9(8)12/h2-4,13H,1H3. The molecule has 1 aromatic carbocycles. The first-order chi connectivity index (χ1) is 7.13. The zero-order chi connectivity index (χ0) is 11.0. The highest BCUT2D eigenvalue weighted by molar-refractivity contribution is 9.10. The van der Waals surface area contributed by atoms with Crippen LogP contribution in [-0.2, 0) is 4.74 Å². The monoisotopic (exact) mass is 287 g/mol. The summed E-state index contributed by atoms with van der Waals surface area (Å²) < 4.78 is 5.58. The van der Waals surface area contributed by atoms with Gasteiger partial charge in [0, 0.05) is 15.4 Å². The summed E-state index contributed by atoms with van der Waals surface area (Å²) in [4.78, 5) is 14.4. The van der Waals surface area contributed by atoms with Gasteiger partial charge in [-0.3, -0.25) is 0 Å². The van der Waals surface area contributed by atoms with Crippen molar-refractivity contribution in [2.45, 2.75) is 0 Å². The molecule has 1 aromatic heterocycles. The lowest BCUT2D eigenvalue weighted by Crippen LogP contribution is -2.00. The van der Waals surface area contributed by atoms with Gasteiger partial charge in [-0.05, 0) is 12.1 Å². The summed E-state index contributed by atoms with van der Waals surface area (Å²) >= 11 is 9.26. The molecule has 78 valence electrons. The van der Waals surface area contributed by atoms with Crippen molar-refractivity contribution in [3.05, 3.63) is 33.4 Å². The number of aromatic nitrogens is 1. The van der Waals surface area contributed by atoms with Crippen LogP contribution in [-0.4, -0.2) is 18.1 Å². The van der Waals surface area contributed by atoms with Crippen LogP contribution in [0.1, 0.15) is 10.4 Å². The summed E-state index contributed by atoms with van der Waals surface area (Å²) in [6.07, 6.45) is 0. The highest BCUT2D eigenvalue weighted by atomic mass is 79.9. The lowest BCUT2D eigenvalue weighted by atomic mass is 10.2. The summed E-state index contributed by atoms with van der Waals surface area (Å²) in [5.74, 6) is -0.437. The van der Waals surface area contributed by atoms with Crippen molar-refractivity contribution in [3.8, 4) is 0 Å². The Hall–Kier alpha value is -1.000. The second kappa shape index (κ2) is 3.87. The van der Waals surface area contributed by atoms with E-state index in [9.17, 15) is 4.79 Å². The molecule has 0 radical (unpaired) electrons. The number of methoxy groups -OCH3 is 1. The molecule has 5 heteroatoms. The van der Waals surface area contributed by atoms with E-state index < -0.39 is 5.97 Å². The van der Waals surface area contributed by atoms with Crippen LogP contribution < -0.4 is 0 Å². The average molecular weight is 289 g/mol. The van der Waals surface area contributed by atoms with Crippen molar-refractivity contribution in [2.24, 2.45) is 0 Å². The number of aromatic amines is 1. The largest absolute Gasteiger partial charge is 0.465 e. The van der Waals surface area contributed by atoms with Gasteiger partial charge in [0.15, 0.2) is 0 Å². The van der Waals surface area contributed by atoms with Gasteiger partial charge in [-0.2, -0.15) is 0 Å². The molecule has 0 aliphatic heterocycles. The topological polar surface area (TPSA) is 42.1 Å². The summed E-state index contributed by atoms with van der Waals surface area (Å²) in [7, 11) is 1.33. The second-order valence-electron chi connectivity index (χ2n) is 3.00. The van der Waals surface area contributed by atoms with E-state index in [1.54, 1.807) is 0 Å². The van der Waals surface area contributed by atoms with Crippen molar-refractivity contribution in [1.29, 1.82) is 0 Å². The third kappa shape index (κ3) is 1.75. The zero-order valence-electron chi connectivity index (χ0n) is 7.80. The molecule has 0 fully saturated rings. The number of nitrogens with one attached hydrogen (secondary N) is 1. The SMILES string of the molecule is COC(=O)c1c(Cl)[nH]c2cc(Br)ccc12. The minimum absolute atomic E-state index is 0.301. The van der Waals surface area contributed by atoms with E-state index >= 15 is 0 Å². The Kier molecular flexibility index (Phi) is 2.71. The quantitative estimate of drug-likeness (QED) is 0.818. The van der Waals surface area contributed by atoms with Gasteiger partial charge >= 0.3 is 5.97 Å². The molecular formula is C10H7BrClNO2.